The molecule has 2 heterocycles. The number of nitrogens with zero attached hydrogens (tertiary/aromatic N) is 3. The highest BCUT2D eigenvalue weighted by Gasteiger charge is 2.69. The number of rotatable bonds is 4. The van der Waals surface area contributed by atoms with E-state index in [0.717, 1.165) is 11.4 Å². The van der Waals surface area contributed by atoms with E-state index in [4.69, 9.17) is 27.9 Å². The molecule has 1 aliphatic carbocycles. The molecule has 1 saturated carbocycles. The van der Waals surface area contributed by atoms with Gasteiger partial charge in [-0.1, -0.05) is 18.3 Å². The third-order valence-electron chi connectivity index (χ3n) is 3.70. The highest BCUT2D eigenvalue weighted by molar-refractivity contribution is 7.16. The van der Waals surface area contributed by atoms with Crippen molar-refractivity contribution >= 4 is 45.5 Å². The zero-order valence-electron chi connectivity index (χ0n) is 11.9. The van der Waals surface area contributed by atoms with Crippen molar-refractivity contribution in [2.45, 2.75) is 37.6 Å². The fourth-order valence-corrected chi connectivity index (χ4v) is 3.58. The summed E-state index contributed by atoms with van der Waals surface area (Å²) in [6.07, 6.45) is 1.08. The van der Waals surface area contributed by atoms with Gasteiger partial charge in [-0.05, 0) is 13.3 Å². The van der Waals surface area contributed by atoms with Crippen molar-refractivity contribution in [3.05, 3.63) is 27.1 Å². The summed E-state index contributed by atoms with van der Waals surface area (Å²) in [5, 5.41) is 4.97. The lowest BCUT2D eigenvalue weighted by Crippen LogP contribution is -2.22. The van der Waals surface area contributed by atoms with Gasteiger partial charge >= 0.3 is 5.97 Å². The summed E-state index contributed by atoms with van der Waals surface area (Å²) in [5.74, 6) is -0.488. The van der Waals surface area contributed by atoms with Gasteiger partial charge < -0.3 is 4.74 Å². The number of aryl methyl sites for hydroxylation is 1. The largest absolute Gasteiger partial charge is 0.459 e. The molecule has 0 aliphatic heterocycles. The van der Waals surface area contributed by atoms with Crippen LogP contribution in [0.25, 0.3) is 4.96 Å². The first kappa shape index (κ1) is 15.7. The Hall–Kier alpha value is -1.18. The zero-order chi connectivity index (χ0) is 16.1. The molecule has 1 fully saturated rings. The van der Waals surface area contributed by atoms with Crippen molar-refractivity contribution in [2.75, 3.05) is 0 Å². The lowest BCUT2D eigenvalue weighted by molar-refractivity contribution is -0.151. The summed E-state index contributed by atoms with van der Waals surface area (Å²) < 4.78 is 5.37. The van der Waals surface area contributed by atoms with E-state index in [1.165, 1.54) is 21.9 Å². The summed E-state index contributed by atoms with van der Waals surface area (Å²) in [6, 6.07) is 1.31. The fraction of sp³-hybridized carbons (Fsp3) is 0.538. The van der Waals surface area contributed by atoms with Gasteiger partial charge in [-0.3, -0.25) is 9.59 Å². The van der Waals surface area contributed by atoms with Crippen LogP contribution in [-0.4, -0.2) is 24.9 Å². The number of carbonyl (C=O) groups excluding carboxylic acids is 1. The summed E-state index contributed by atoms with van der Waals surface area (Å²) in [5.41, 5.74) is -0.813. The van der Waals surface area contributed by atoms with E-state index in [2.05, 4.69) is 10.1 Å². The number of halogens is 2. The lowest BCUT2D eigenvalue weighted by atomic mass is 10.1. The van der Waals surface area contributed by atoms with E-state index < -0.39 is 15.7 Å². The van der Waals surface area contributed by atoms with E-state index in [1.54, 1.807) is 6.92 Å². The maximum atomic E-state index is 12.0. The van der Waals surface area contributed by atoms with Gasteiger partial charge in [0.2, 0.25) is 4.96 Å². The first-order valence-corrected chi connectivity index (χ1v) is 8.28. The Bertz CT molecular complexity index is 816. The summed E-state index contributed by atoms with van der Waals surface area (Å²) in [7, 11) is 0. The van der Waals surface area contributed by atoms with E-state index in [-0.39, 0.29) is 12.2 Å². The average molecular weight is 362 g/mol. The fourth-order valence-electron chi connectivity index (χ4n) is 2.03. The topological polar surface area (TPSA) is 73.6 Å². The Morgan fingerprint density at radius 1 is 1.55 bits per heavy atom. The molecule has 0 N–H and O–H groups in total. The number of carbonyl (C=O) groups is 1. The number of fused-ring (bicyclic) bond motifs is 1. The Morgan fingerprint density at radius 2 is 2.23 bits per heavy atom. The molecule has 0 spiro atoms. The number of ether oxygens (including phenoxy) is 1. The first-order valence-electron chi connectivity index (χ1n) is 6.70. The molecule has 0 bridgehead atoms. The zero-order valence-corrected chi connectivity index (χ0v) is 14.3. The van der Waals surface area contributed by atoms with Gasteiger partial charge in [0, 0.05) is 12.5 Å². The van der Waals surface area contributed by atoms with E-state index >= 15 is 0 Å². The third-order valence-corrected chi connectivity index (χ3v) is 5.86. The molecule has 1 aliphatic rings. The minimum absolute atomic E-state index is 0.0939. The molecule has 2 aromatic rings. The molecular formula is C13H13Cl2N3O3S. The second-order valence-electron chi connectivity index (χ2n) is 5.42. The van der Waals surface area contributed by atoms with E-state index in [0.29, 0.717) is 17.1 Å². The molecule has 22 heavy (non-hydrogen) atoms. The summed E-state index contributed by atoms with van der Waals surface area (Å²) in [4.78, 5) is 28.7. The molecule has 118 valence electrons. The van der Waals surface area contributed by atoms with Crippen molar-refractivity contribution in [2.24, 2.45) is 5.41 Å². The van der Waals surface area contributed by atoms with Gasteiger partial charge in [0.1, 0.15) is 21.4 Å². The number of aromatic nitrogens is 3. The van der Waals surface area contributed by atoms with Gasteiger partial charge in [-0.15, -0.1) is 23.2 Å². The molecule has 1 atom stereocenters. The van der Waals surface area contributed by atoms with Crippen LogP contribution in [0.4, 0.5) is 0 Å². The molecule has 2 aromatic heterocycles. The first-order chi connectivity index (χ1) is 10.3. The maximum absolute atomic E-state index is 12.0. The molecule has 9 heteroatoms. The van der Waals surface area contributed by atoms with Crippen molar-refractivity contribution < 1.29 is 9.53 Å². The summed E-state index contributed by atoms with van der Waals surface area (Å²) >= 11 is 13.2. The van der Waals surface area contributed by atoms with Gasteiger partial charge in [0.25, 0.3) is 5.56 Å². The highest BCUT2D eigenvalue weighted by Crippen LogP contribution is 2.64. The Kier molecular flexibility index (Phi) is 3.70. The van der Waals surface area contributed by atoms with Gasteiger partial charge in [0.15, 0.2) is 0 Å². The molecule has 0 radical (unpaired) electrons. The molecule has 6 nitrogen and oxygen atoms in total. The molecular weight excluding hydrogens is 349 g/mol. The van der Waals surface area contributed by atoms with Crippen molar-refractivity contribution in [3.8, 4) is 0 Å². The number of esters is 1. The van der Waals surface area contributed by atoms with Crippen molar-refractivity contribution in [3.63, 3.8) is 0 Å². The average Bonchev–Trinajstić information content (AvgIpc) is 2.83. The number of hydrogen-bond donors (Lipinski definition) is 0. The number of hydrogen-bond acceptors (Lipinski definition) is 6. The molecule has 0 saturated heterocycles. The Labute approximate surface area is 140 Å². The minimum Gasteiger partial charge on any atom is -0.459 e. The smallest absolute Gasteiger partial charge is 0.315 e. The van der Waals surface area contributed by atoms with Gasteiger partial charge in [-0.25, -0.2) is 4.98 Å². The quantitative estimate of drug-likeness (QED) is 0.617. The molecule has 0 aromatic carbocycles. The monoisotopic (exact) mass is 361 g/mol. The lowest BCUT2D eigenvalue weighted by Gasteiger charge is -2.11. The minimum atomic E-state index is -1.07. The van der Waals surface area contributed by atoms with Crippen LogP contribution in [0.3, 0.4) is 0 Å². The Morgan fingerprint density at radius 3 is 2.82 bits per heavy atom. The van der Waals surface area contributed by atoms with Crippen molar-refractivity contribution in [1.82, 2.24) is 14.6 Å². The van der Waals surface area contributed by atoms with Crippen LogP contribution in [0.15, 0.2) is 10.9 Å². The predicted molar refractivity (Wildman–Crippen MR) is 83.5 cm³/mol. The van der Waals surface area contributed by atoms with Crippen LogP contribution in [0, 0.1) is 5.41 Å². The Balaban J connectivity index is 1.77. The van der Waals surface area contributed by atoms with E-state index in [1.807, 2.05) is 6.92 Å². The normalized spacial score (nSPS) is 22.7. The van der Waals surface area contributed by atoms with Gasteiger partial charge in [0.05, 0.1) is 5.69 Å². The third kappa shape index (κ3) is 2.51. The molecule has 3 rings (SSSR count). The van der Waals surface area contributed by atoms with Crippen LogP contribution >= 0.6 is 34.5 Å². The second-order valence-corrected chi connectivity index (χ2v) is 7.94. The van der Waals surface area contributed by atoms with Crippen LogP contribution in [0.5, 0.6) is 0 Å². The maximum Gasteiger partial charge on any atom is 0.315 e. The van der Waals surface area contributed by atoms with Gasteiger partial charge in [-0.2, -0.15) is 9.61 Å². The predicted octanol–water partition coefficient (Wildman–Crippen LogP) is 2.34. The SMILES string of the molecule is CCc1nn2c(=O)cc(COC(=O)[C@@]3(C)CC3(Cl)Cl)nc2s1. The molecule has 0 unspecified atom stereocenters. The standard InChI is InChI=1S/C13H13Cl2N3O3S/c1-3-8-17-18-9(19)4-7(16-11(18)22-8)5-21-10(20)12(2)6-13(12,14)15/h4H,3,5-6H2,1-2H3/t12-/m1/s1. The summed E-state index contributed by atoms with van der Waals surface area (Å²) in [6.45, 7) is 3.51. The second kappa shape index (κ2) is 5.18. The number of alkyl halides is 2. The van der Waals surface area contributed by atoms with E-state index in [9.17, 15) is 9.59 Å². The van der Waals surface area contributed by atoms with Crippen LogP contribution in [-0.2, 0) is 22.6 Å². The van der Waals surface area contributed by atoms with Crippen LogP contribution < -0.4 is 5.56 Å². The highest BCUT2D eigenvalue weighted by atomic mass is 35.5. The molecule has 0 amide bonds. The van der Waals surface area contributed by atoms with Crippen LogP contribution in [0.1, 0.15) is 31.0 Å². The van der Waals surface area contributed by atoms with Crippen LogP contribution in [0.2, 0.25) is 0 Å². The van der Waals surface area contributed by atoms with Crippen molar-refractivity contribution in [1.29, 1.82) is 0 Å².